The Morgan fingerprint density at radius 3 is 2.55 bits per heavy atom. The Bertz CT molecular complexity index is 540. The van der Waals surface area contributed by atoms with Gasteiger partial charge in [-0.3, -0.25) is 4.79 Å². The zero-order valence-electron chi connectivity index (χ0n) is 11.7. The molecule has 122 valence electrons. The van der Waals surface area contributed by atoms with E-state index in [0.29, 0.717) is 12.3 Å². The first kappa shape index (κ1) is 18.2. The minimum atomic E-state index is -1.26. The molecule has 0 aliphatic rings. The quantitative estimate of drug-likeness (QED) is 0.427. The van der Waals surface area contributed by atoms with Crippen molar-refractivity contribution in [3.05, 3.63) is 29.3 Å². The van der Waals surface area contributed by atoms with E-state index >= 15 is 0 Å². The van der Waals surface area contributed by atoms with Crippen LogP contribution in [0.3, 0.4) is 0 Å². The topological polar surface area (TPSA) is 78.6 Å². The highest BCUT2D eigenvalue weighted by Crippen LogP contribution is 2.22. The summed E-state index contributed by atoms with van der Waals surface area (Å²) in [5, 5.41) is 0. The predicted octanol–water partition coefficient (Wildman–Crippen LogP) is 2.39. The second-order valence-corrected chi connectivity index (χ2v) is 4.74. The van der Waals surface area contributed by atoms with Crippen LogP contribution >= 0.6 is 11.6 Å². The second-order valence-electron chi connectivity index (χ2n) is 4.36. The number of hydrogen-bond donors (Lipinski definition) is 1. The van der Waals surface area contributed by atoms with Gasteiger partial charge in [-0.2, -0.15) is 0 Å². The molecule has 0 atom stereocenters. The summed E-state index contributed by atoms with van der Waals surface area (Å²) in [6, 6.07) is 1.79. The van der Waals surface area contributed by atoms with E-state index in [0.717, 1.165) is 25.0 Å². The van der Waals surface area contributed by atoms with Crippen LogP contribution in [0.4, 0.5) is 8.78 Å². The summed E-state index contributed by atoms with van der Waals surface area (Å²) in [7, 11) is 0. The molecule has 0 aliphatic heterocycles. The van der Waals surface area contributed by atoms with Crippen molar-refractivity contribution in [2.45, 2.75) is 19.3 Å². The number of benzene rings is 1. The fourth-order valence-corrected chi connectivity index (χ4v) is 1.80. The molecule has 1 amide bonds. The van der Waals surface area contributed by atoms with E-state index in [4.69, 9.17) is 26.8 Å². The van der Waals surface area contributed by atoms with Crippen molar-refractivity contribution < 1.29 is 27.8 Å². The van der Waals surface area contributed by atoms with E-state index in [9.17, 15) is 18.4 Å². The Kier molecular flexibility index (Phi) is 7.59. The standard InChI is InChI=1S/C14H16ClF2NO4/c15-6-2-1-3-7-21-11(19)8-22-10-5-4-9(16)12(13(10)17)14(18)20/h4-5H,1-3,6-8H2,(H2,18,20). The number of halogens is 3. The zero-order chi connectivity index (χ0) is 16.5. The Morgan fingerprint density at radius 2 is 1.91 bits per heavy atom. The normalized spacial score (nSPS) is 10.3. The first-order valence-corrected chi connectivity index (χ1v) is 7.13. The molecule has 8 heteroatoms. The SMILES string of the molecule is NC(=O)c1c(F)ccc(OCC(=O)OCCCCCCl)c1F. The van der Waals surface area contributed by atoms with Gasteiger partial charge >= 0.3 is 5.97 Å². The largest absolute Gasteiger partial charge is 0.479 e. The van der Waals surface area contributed by atoms with Crippen LogP contribution in [0, 0.1) is 11.6 Å². The molecule has 1 aromatic carbocycles. The summed E-state index contributed by atoms with van der Waals surface area (Å²) in [5.41, 5.74) is 3.96. The van der Waals surface area contributed by atoms with Gasteiger partial charge in [0.25, 0.3) is 5.91 Å². The maximum Gasteiger partial charge on any atom is 0.344 e. The van der Waals surface area contributed by atoms with Crippen molar-refractivity contribution in [2.75, 3.05) is 19.1 Å². The van der Waals surface area contributed by atoms with Crippen LogP contribution in [0.2, 0.25) is 0 Å². The van der Waals surface area contributed by atoms with Crippen LogP contribution in [-0.4, -0.2) is 31.0 Å². The monoisotopic (exact) mass is 335 g/mol. The molecule has 1 rings (SSSR count). The third kappa shape index (κ3) is 5.48. The van der Waals surface area contributed by atoms with Crippen LogP contribution in [0.5, 0.6) is 5.75 Å². The molecule has 0 unspecified atom stereocenters. The molecule has 22 heavy (non-hydrogen) atoms. The number of carbonyl (C=O) groups is 2. The maximum atomic E-state index is 13.8. The molecule has 0 radical (unpaired) electrons. The van der Waals surface area contributed by atoms with Crippen molar-refractivity contribution in [3.8, 4) is 5.75 Å². The van der Waals surface area contributed by atoms with E-state index in [2.05, 4.69) is 0 Å². The second kappa shape index (κ2) is 9.19. The summed E-state index contributed by atoms with van der Waals surface area (Å²) >= 11 is 5.50. The highest BCUT2D eigenvalue weighted by molar-refractivity contribution is 6.17. The molecular weight excluding hydrogens is 320 g/mol. The van der Waals surface area contributed by atoms with Crippen LogP contribution in [0.25, 0.3) is 0 Å². The van der Waals surface area contributed by atoms with Crippen molar-refractivity contribution in [3.63, 3.8) is 0 Å². The summed E-state index contributed by atoms with van der Waals surface area (Å²) in [6.45, 7) is -0.353. The number of amides is 1. The van der Waals surface area contributed by atoms with E-state index in [1.54, 1.807) is 0 Å². The third-order valence-electron chi connectivity index (χ3n) is 2.69. The summed E-state index contributed by atoms with van der Waals surface area (Å²) in [5.74, 6) is -4.21. The molecule has 1 aromatic rings. The highest BCUT2D eigenvalue weighted by atomic mass is 35.5. The molecular formula is C14H16ClF2NO4. The average Bonchev–Trinajstić information content (AvgIpc) is 2.46. The molecule has 0 saturated carbocycles. The number of carbonyl (C=O) groups excluding carboxylic acids is 2. The number of esters is 1. The minimum absolute atomic E-state index is 0.206. The van der Waals surface area contributed by atoms with E-state index in [1.165, 1.54) is 0 Å². The van der Waals surface area contributed by atoms with Gasteiger partial charge in [0.1, 0.15) is 11.4 Å². The average molecular weight is 336 g/mol. The minimum Gasteiger partial charge on any atom is -0.479 e. The van der Waals surface area contributed by atoms with E-state index in [1.807, 2.05) is 0 Å². The smallest absolute Gasteiger partial charge is 0.344 e. The lowest BCUT2D eigenvalue weighted by molar-refractivity contribution is -0.146. The number of unbranched alkanes of at least 4 members (excludes halogenated alkanes) is 2. The van der Waals surface area contributed by atoms with Gasteiger partial charge in [-0.25, -0.2) is 13.6 Å². The number of rotatable bonds is 9. The Morgan fingerprint density at radius 1 is 1.18 bits per heavy atom. The van der Waals surface area contributed by atoms with E-state index < -0.39 is 41.4 Å². The van der Waals surface area contributed by atoms with Gasteiger partial charge in [0.15, 0.2) is 18.2 Å². The fraction of sp³-hybridized carbons (Fsp3) is 0.429. The Balaban J connectivity index is 2.49. The zero-order valence-corrected chi connectivity index (χ0v) is 12.5. The van der Waals surface area contributed by atoms with Gasteiger partial charge in [-0.15, -0.1) is 11.6 Å². The van der Waals surface area contributed by atoms with Gasteiger partial charge in [0, 0.05) is 5.88 Å². The van der Waals surface area contributed by atoms with Gasteiger partial charge in [0.05, 0.1) is 6.61 Å². The van der Waals surface area contributed by atoms with Gasteiger partial charge in [0.2, 0.25) is 0 Å². The number of ether oxygens (including phenoxy) is 2. The summed E-state index contributed by atoms with van der Waals surface area (Å²) < 4.78 is 36.8. The Labute approximate surface area is 131 Å². The van der Waals surface area contributed by atoms with Crippen LogP contribution in [0.15, 0.2) is 12.1 Å². The van der Waals surface area contributed by atoms with Crippen molar-refractivity contribution >= 4 is 23.5 Å². The van der Waals surface area contributed by atoms with Crippen molar-refractivity contribution in [2.24, 2.45) is 5.73 Å². The molecule has 0 spiro atoms. The molecule has 0 heterocycles. The first-order valence-electron chi connectivity index (χ1n) is 6.59. The number of primary amides is 1. The number of hydrogen-bond acceptors (Lipinski definition) is 4. The van der Waals surface area contributed by atoms with Crippen LogP contribution in [0.1, 0.15) is 29.6 Å². The lowest BCUT2D eigenvalue weighted by Gasteiger charge is -2.09. The number of nitrogens with two attached hydrogens (primary N) is 1. The van der Waals surface area contributed by atoms with Crippen LogP contribution < -0.4 is 10.5 Å². The molecule has 0 aliphatic carbocycles. The van der Waals surface area contributed by atoms with Gasteiger partial charge in [-0.05, 0) is 31.4 Å². The number of alkyl halides is 1. The summed E-state index contributed by atoms with van der Waals surface area (Å²) in [4.78, 5) is 22.3. The predicted molar refractivity (Wildman–Crippen MR) is 75.9 cm³/mol. The molecule has 0 aromatic heterocycles. The lowest BCUT2D eigenvalue weighted by Crippen LogP contribution is -2.19. The molecule has 2 N–H and O–H groups in total. The molecule has 0 fully saturated rings. The van der Waals surface area contributed by atoms with Gasteiger partial charge in [-0.1, -0.05) is 0 Å². The highest BCUT2D eigenvalue weighted by Gasteiger charge is 2.19. The van der Waals surface area contributed by atoms with E-state index in [-0.39, 0.29) is 6.61 Å². The lowest BCUT2D eigenvalue weighted by atomic mass is 10.2. The summed E-state index contributed by atoms with van der Waals surface area (Å²) in [6.07, 6.45) is 2.31. The molecule has 0 saturated heterocycles. The molecule has 5 nitrogen and oxygen atoms in total. The van der Waals surface area contributed by atoms with Crippen molar-refractivity contribution in [1.82, 2.24) is 0 Å². The third-order valence-corrected chi connectivity index (χ3v) is 2.96. The maximum absolute atomic E-state index is 13.8. The van der Waals surface area contributed by atoms with Gasteiger partial charge < -0.3 is 15.2 Å². The Hall–Kier alpha value is -1.89. The molecule has 0 bridgehead atoms. The fourth-order valence-electron chi connectivity index (χ4n) is 1.61. The first-order chi connectivity index (χ1) is 10.5. The van der Waals surface area contributed by atoms with Crippen molar-refractivity contribution in [1.29, 1.82) is 0 Å². The van der Waals surface area contributed by atoms with Crippen LogP contribution in [-0.2, 0) is 9.53 Å².